The lowest BCUT2D eigenvalue weighted by Crippen LogP contribution is -2.17. The summed E-state index contributed by atoms with van der Waals surface area (Å²) >= 11 is 1.75. The van der Waals surface area contributed by atoms with Crippen LogP contribution >= 0.6 is 11.3 Å². The molecule has 1 atom stereocenters. The van der Waals surface area contributed by atoms with Gasteiger partial charge in [-0.1, -0.05) is 30.3 Å². The van der Waals surface area contributed by atoms with Crippen molar-refractivity contribution >= 4 is 11.3 Å². The van der Waals surface area contributed by atoms with E-state index in [4.69, 9.17) is 0 Å². The SMILES string of the molecule is C[C@H](NCc1ccsc1)c1ccccc1. The zero-order valence-electron chi connectivity index (χ0n) is 8.81. The molecule has 1 nitrogen and oxygen atoms in total. The Morgan fingerprint density at radius 2 is 2.00 bits per heavy atom. The number of nitrogens with one attached hydrogen (secondary N) is 1. The van der Waals surface area contributed by atoms with Crippen molar-refractivity contribution in [3.8, 4) is 0 Å². The largest absolute Gasteiger partial charge is 0.306 e. The zero-order chi connectivity index (χ0) is 10.5. The fraction of sp³-hybridized carbons (Fsp3) is 0.231. The van der Waals surface area contributed by atoms with E-state index >= 15 is 0 Å². The quantitative estimate of drug-likeness (QED) is 0.825. The molecule has 2 aromatic rings. The Kier molecular flexibility index (Phi) is 3.54. The number of thiophene rings is 1. The molecule has 0 saturated heterocycles. The third-order valence-corrected chi connectivity index (χ3v) is 3.22. The van der Waals surface area contributed by atoms with E-state index in [9.17, 15) is 0 Å². The molecule has 15 heavy (non-hydrogen) atoms. The van der Waals surface area contributed by atoms with Crippen LogP contribution in [0.1, 0.15) is 24.1 Å². The standard InChI is InChI=1S/C13H15NS/c1-11(13-5-3-2-4-6-13)14-9-12-7-8-15-10-12/h2-8,10-11,14H,9H2,1H3/t11-/m0/s1. The van der Waals surface area contributed by atoms with Gasteiger partial charge in [0, 0.05) is 12.6 Å². The molecule has 1 heterocycles. The summed E-state index contributed by atoms with van der Waals surface area (Å²) in [6, 6.07) is 13.1. The minimum atomic E-state index is 0.408. The van der Waals surface area contributed by atoms with Crippen LogP contribution in [0.25, 0.3) is 0 Å². The van der Waals surface area contributed by atoms with Gasteiger partial charge in [-0.3, -0.25) is 0 Å². The smallest absolute Gasteiger partial charge is 0.0294 e. The summed E-state index contributed by atoms with van der Waals surface area (Å²) in [6.45, 7) is 3.14. The zero-order valence-corrected chi connectivity index (χ0v) is 9.63. The first-order chi connectivity index (χ1) is 7.36. The molecule has 0 spiro atoms. The second-order valence-corrected chi connectivity index (χ2v) is 4.42. The van der Waals surface area contributed by atoms with Gasteiger partial charge < -0.3 is 5.32 Å². The molecule has 0 aliphatic rings. The van der Waals surface area contributed by atoms with Crippen molar-refractivity contribution < 1.29 is 0 Å². The van der Waals surface area contributed by atoms with Crippen LogP contribution in [0.4, 0.5) is 0 Å². The van der Waals surface area contributed by atoms with Crippen molar-refractivity contribution in [1.29, 1.82) is 0 Å². The van der Waals surface area contributed by atoms with E-state index in [0.29, 0.717) is 6.04 Å². The molecule has 0 saturated carbocycles. The summed E-state index contributed by atoms with van der Waals surface area (Å²) in [5.74, 6) is 0. The summed E-state index contributed by atoms with van der Waals surface area (Å²) in [6.07, 6.45) is 0. The van der Waals surface area contributed by atoms with Crippen LogP contribution in [-0.4, -0.2) is 0 Å². The Morgan fingerprint density at radius 1 is 1.20 bits per heavy atom. The fourth-order valence-corrected chi connectivity index (χ4v) is 2.19. The van der Waals surface area contributed by atoms with E-state index < -0.39 is 0 Å². The average Bonchev–Trinajstić information content (AvgIpc) is 2.80. The van der Waals surface area contributed by atoms with Crippen LogP contribution in [0.2, 0.25) is 0 Å². The first-order valence-electron chi connectivity index (χ1n) is 5.15. The molecule has 0 unspecified atom stereocenters. The maximum absolute atomic E-state index is 3.51. The van der Waals surface area contributed by atoms with E-state index in [1.807, 2.05) is 0 Å². The van der Waals surface area contributed by atoms with Crippen molar-refractivity contribution in [2.24, 2.45) is 0 Å². The first-order valence-corrected chi connectivity index (χ1v) is 6.10. The van der Waals surface area contributed by atoms with E-state index in [0.717, 1.165) is 6.54 Å². The molecule has 0 bridgehead atoms. The van der Waals surface area contributed by atoms with Gasteiger partial charge in [-0.2, -0.15) is 11.3 Å². The van der Waals surface area contributed by atoms with Crippen molar-refractivity contribution in [3.63, 3.8) is 0 Å². The fourth-order valence-electron chi connectivity index (χ4n) is 1.52. The average molecular weight is 217 g/mol. The molecule has 0 fully saturated rings. The van der Waals surface area contributed by atoms with E-state index in [-0.39, 0.29) is 0 Å². The third kappa shape index (κ3) is 2.91. The molecule has 1 aromatic carbocycles. The molecule has 1 N–H and O–H groups in total. The molecule has 0 aliphatic heterocycles. The highest BCUT2D eigenvalue weighted by Gasteiger charge is 2.03. The van der Waals surface area contributed by atoms with Gasteiger partial charge >= 0.3 is 0 Å². The summed E-state index contributed by atoms with van der Waals surface area (Å²) in [7, 11) is 0. The maximum atomic E-state index is 3.51. The van der Waals surface area contributed by atoms with Crippen LogP contribution in [0.15, 0.2) is 47.2 Å². The second kappa shape index (κ2) is 5.10. The van der Waals surface area contributed by atoms with Gasteiger partial charge in [0.05, 0.1) is 0 Å². The molecular weight excluding hydrogens is 202 g/mol. The predicted octanol–water partition coefficient (Wildman–Crippen LogP) is 3.60. The number of hydrogen-bond donors (Lipinski definition) is 1. The molecule has 2 heteroatoms. The van der Waals surface area contributed by atoms with Crippen molar-refractivity contribution in [3.05, 3.63) is 58.3 Å². The lowest BCUT2D eigenvalue weighted by molar-refractivity contribution is 0.575. The van der Waals surface area contributed by atoms with Gasteiger partial charge in [-0.15, -0.1) is 0 Å². The highest BCUT2D eigenvalue weighted by atomic mass is 32.1. The Morgan fingerprint density at radius 3 is 2.67 bits per heavy atom. The number of hydrogen-bond acceptors (Lipinski definition) is 2. The molecule has 0 radical (unpaired) electrons. The van der Waals surface area contributed by atoms with Gasteiger partial charge in [0.2, 0.25) is 0 Å². The summed E-state index contributed by atoms with van der Waals surface area (Å²) in [4.78, 5) is 0. The van der Waals surface area contributed by atoms with Gasteiger partial charge in [0.1, 0.15) is 0 Å². The Balaban J connectivity index is 1.90. The Labute approximate surface area is 94.8 Å². The van der Waals surface area contributed by atoms with Gasteiger partial charge in [-0.25, -0.2) is 0 Å². The third-order valence-electron chi connectivity index (χ3n) is 2.49. The molecule has 1 aromatic heterocycles. The minimum Gasteiger partial charge on any atom is -0.306 e. The molecule has 0 amide bonds. The van der Waals surface area contributed by atoms with Gasteiger partial charge in [0.15, 0.2) is 0 Å². The first kappa shape index (κ1) is 10.4. The van der Waals surface area contributed by atoms with Crippen molar-refractivity contribution in [2.75, 3.05) is 0 Å². The van der Waals surface area contributed by atoms with Crippen LogP contribution in [0.5, 0.6) is 0 Å². The van der Waals surface area contributed by atoms with Crippen molar-refractivity contribution in [1.82, 2.24) is 5.32 Å². The summed E-state index contributed by atoms with van der Waals surface area (Å²) in [5, 5.41) is 7.81. The molecule has 78 valence electrons. The number of rotatable bonds is 4. The van der Waals surface area contributed by atoms with E-state index in [2.05, 4.69) is 59.4 Å². The number of benzene rings is 1. The Hall–Kier alpha value is -1.12. The maximum Gasteiger partial charge on any atom is 0.0294 e. The van der Waals surface area contributed by atoms with Gasteiger partial charge in [-0.05, 0) is 34.9 Å². The van der Waals surface area contributed by atoms with Crippen LogP contribution < -0.4 is 5.32 Å². The van der Waals surface area contributed by atoms with Crippen LogP contribution in [0.3, 0.4) is 0 Å². The minimum absolute atomic E-state index is 0.408. The summed E-state index contributed by atoms with van der Waals surface area (Å²) < 4.78 is 0. The van der Waals surface area contributed by atoms with Gasteiger partial charge in [0.25, 0.3) is 0 Å². The van der Waals surface area contributed by atoms with Crippen LogP contribution in [0, 0.1) is 0 Å². The molecule has 0 aliphatic carbocycles. The topological polar surface area (TPSA) is 12.0 Å². The predicted molar refractivity (Wildman–Crippen MR) is 66.0 cm³/mol. The lowest BCUT2D eigenvalue weighted by atomic mass is 10.1. The monoisotopic (exact) mass is 217 g/mol. The highest BCUT2D eigenvalue weighted by molar-refractivity contribution is 7.07. The molecule has 2 rings (SSSR count). The Bertz CT molecular complexity index is 380. The lowest BCUT2D eigenvalue weighted by Gasteiger charge is -2.13. The molecular formula is C13H15NS. The normalized spacial score (nSPS) is 12.6. The van der Waals surface area contributed by atoms with E-state index in [1.165, 1.54) is 11.1 Å². The summed E-state index contributed by atoms with van der Waals surface area (Å²) in [5.41, 5.74) is 2.70. The highest BCUT2D eigenvalue weighted by Crippen LogP contribution is 2.13. The van der Waals surface area contributed by atoms with E-state index in [1.54, 1.807) is 11.3 Å². The van der Waals surface area contributed by atoms with Crippen molar-refractivity contribution in [2.45, 2.75) is 19.5 Å². The second-order valence-electron chi connectivity index (χ2n) is 3.64. The van der Waals surface area contributed by atoms with Crippen LogP contribution in [-0.2, 0) is 6.54 Å².